The number of thiophene rings is 1. The third-order valence-corrected chi connectivity index (χ3v) is 7.04. The van der Waals surface area contributed by atoms with Crippen LogP contribution in [-0.4, -0.2) is 33.5 Å². The summed E-state index contributed by atoms with van der Waals surface area (Å²) in [5, 5.41) is 2.70. The lowest BCUT2D eigenvalue weighted by Gasteiger charge is -2.18. The van der Waals surface area contributed by atoms with E-state index in [0.29, 0.717) is 23.7 Å². The lowest BCUT2D eigenvalue weighted by molar-refractivity contribution is -0.118. The zero-order valence-corrected chi connectivity index (χ0v) is 14.3. The number of amides is 1. The van der Waals surface area contributed by atoms with E-state index < -0.39 is 10.0 Å². The Hall–Kier alpha value is -0.960. The number of nitrogens with two attached hydrogens (primary N) is 1. The van der Waals surface area contributed by atoms with E-state index in [9.17, 15) is 13.2 Å². The lowest BCUT2D eigenvalue weighted by Crippen LogP contribution is -2.39. The molecule has 2 atom stereocenters. The minimum Gasteiger partial charge on any atom is -0.356 e. The van der Waals surface area contributed by atoms with E-state index in [-0.39, 0.29) is 17.9 Å². The smallest absolute Gasteiger partial charge is 0.250 e. The molecule has 0 saturated heterocycles. The molecule has 6 nitrogen and oxygen atoms in total. The summed E-state index contributed by atoms with van der Waals surface area (Å²) in [6, 6.07) is 3.37. The Labute approximate surface area is 135 Å². The van der Waals surface area contributed by atoms with Crippen molar-refractivity contribution in [3.63, 3.8) is 0 Å². The van der Waals surface area contributed by atoms with Crippen molar-refractivity contribution >= 4 is 27.3 Å². The summed E-state index contributed by atoms with van der Waals surface area (Å²) in [7, 11) is -3.48. The molecule has 1 saturated carbocycles. The standard InChI is InChI=1S/C14H23N3O3S2/c1-10(18)16-8-7-12-5-6-14(21-12)22(19,20)17-13-4-2-3-11(13)9-15/h5-6,11,13,17H,2-4,7-9,15H2,1H3,(H,16,18). The topological polar surface area (TPSA) is 101 Å². The summed E-state index contributed by atoms with van der Waals surface area (Å²) in [6.07, 6.45) is 3.48. The molecule has 1 aliphatic rings. The Morgan fingerprint density at radius 3 is 2.86 bits per heavy atom. The summed E-state index contributed by atoms with van der Waals surface area (Å²) < 4.78 is 28.0. The molecule has 1 aromatic heterocycles. The Balaban J connectivity index is 1.97. The van der Waals surface area contributed by atoms with Gasteiger partial charge >= 0.3 is 0 Å². The van der Waals surface area contributed by atoms with Crippen LogP contribution in [0, 0.1) is 5.92 Å². The highest BCUT2D eigenvalue weighted by atomic mass is 32.2. The van der Waals surface area contributed by atoms with Crippen molar-refractivity contribution in [2.45, 2.75) is 42.9 Å². The van der Waals surface area contributed by atoms with Gasteiger partial charge in [-0.3, -0.25) is 4.79 Å². The fourth-order valence-electron chi connectivity index (χ4n) is 2.73. The van der Waals surface area contributed by atoms with Gasteiger partial charge in [0.05, 0.1) is 0 Å². The van der Waals surface area contributed by atoms with Crippen LogP contribution in [0.3, 0.4) is 0 Å². The molecule has 0 aromatic carbocycles. The van der Waals surface area contributed by atoms with Gasteiger partial charge in [-0.05, 0) is 43.9 Å². The van der Waals surface area contributed by atoms with E-state index in [2.05, 4.69) is 10.0 Å². The van der Waals surface area contributed by atoms with Gasteiger partial charge in [-0.15, -0.1) is 11.3 Å². The lowest BCUT2D eigenvalue weighted by atomic mass is 10.1. The minimum absolute atomic E-state index is 0.0556. The van der Waals surface area contributed by atoms with Gasteiger partial charge < -0.3 is 11.1 Å². The minimum atomic E-state index is -3.48. The molecule has 1 fully saturated rings. The first-order chi connectivity index (χ1) is 10.4. The monoisotopic (exact) mass is 345 g/mol. The van der Waals surface area contributed by atoms with Crippen molar-refractivity contribution in [1.82, 2.24) is 10.0 Å². The Bertz CT molecular complexity index is 613. The molecule has 1 amide bonds. The van der Waals surface area contributed by atoms with Crippen molar-refractivity contribution in [3.8, 4) is 0 Å². The van der Waals surface area contributed by atoms with Gasteiger partial charge in [-0.2, -0.15) is 0 Å². The van der Waals surface area contributed by atoms with Gasteiger partial charge in [-0.25, -0.2) is 13.1 Å². The molecule has 1 aliphatic carbocycles. The van der Waals surface area contributed by atoms with Crippen LogP contribution in [0.25, 0.3) is 0 Å². The van der Waals surface area contributed by atoms with Crippen LogP contribution in [0.15, 0.2) is 16.3 Å². The predicted octanol–water partition coefficient (Wildman–Crippen LogP) is 0.832. The maximum Gasteiger partial charge on any atom is 0.250 e. The van der Waals surface area contributed by atoms with E-state index in [1.165, 1.54) is 18.3 Å². The zero-order valence-electron chi connectivity index (χ0n) is 12.7. The first-order valence-electron chi connectivity index (χ1n) is 7.48. The second-order valence-corrected chi connectivity index (χ2v) is 8.72. The van der Waals surface area contributed by atoms with Crippen molar-refractivity contribution in [2.24, 2.45) is 11.7 Å². The molecule has 124 valence electrons. The predicted molar refractivity (Wildman–Crippen MR) is 87.2 cm³/mol. The first-order valence-corrected chi connectivity index (χ1v) is 9.78. The molecule has 4 N–H and O–H groups in total. The molecule has 2 rings (SSSR count). The fraction of sp³-hybridized carbons (Fsp3) is 0.643. The molecule has 22 heavy (non-hydrogen) atoms. The van der Waals surface area contributed by atoms with E-state index in [1.54, 1.807) is 12.1 Å². The van der Waals surface area contributed by atoms with Crippen LogP contribution in [-0.2, 0) is 21.2 Å². The highest BCUT2D eigenvalue weighted by Crippen LogP contribution is 2.28. The fourth-order valence-corrected chi connectivity index (χ4v) is 5.44. The number of carbonyl (C=O) groups excluding carboxylic acids is 1. The Kier molecular flexibility index (Phi) is 5.96. The number of hydrogen-bond acceptors (Lipinski definition) is 5. The highest BCUT2D eigenvalue weighted by molar-refractivity contribution is 7.91. The van der Waals surface area contributed by atoms with Crippen LogP contribution in [0.5, 0.6) is 0 Å². The molecular weight excluding hydrogens is 322 g/mol. The summed E-state index contributed by atoms with van der Waals surface area (Å²) in [4.78, 5) is 11.8. The van der Waals surface area contributed by atoms with Gasteiger partial charge in [0.15, 0.2) is 0 Å². The zero-order chi connectivity index (χ0) is 16.2. The van der Waals surface area contributed by atoms with Crippen LogP contribution in [0.4, 0.5) is 0 Å². The third kappa shape index (κ3) is 4.52. The van der Waals surface area contributed by atoms with E-state index in [0.717, 1.165) is 24.1 Å². The van der Waals surface area contributed by atoms with Gasteiger partial charge in [0.25, 0.3) is 0 Å². The maximum atomic E-state index is 12.4. The SMILES string of the molecule is CC(=O)NCCc1ccc(S(=O)(=O)NC2CCCC2CN)s1. The summed E-state index contributed by atoms with van der Waals surface area (Å²) in [5.74, 6) is 0.147. The number of sulfonamides is 1. The molecule has 2 unspecified atom stereocenters. The molecule has 8 heteroatoms. The van der Waals surface area contributed by atoms with Gasteiger partial charge in [-0.1, -0.05) is 6.42 Å². The van der Waals surface area contributed by atoms with Crippen molar-refractivity contribution in [3.05, 3.63) is 17.0 Å². The quantitative estimate of drug-likeness (QED) is 0.681. The third-order valence-electron chi connectivity index (χ3n) is 3.92. The number of carbonyl (C=O) groups is 1. The normalized spacial score (nSPS) is 21.9. The van der Waals surface area contributed by atoms with Gasteiger partial charge in [0.1, 0.15) is 4.21 Å². The van der Waals surface area contributed by atoms with Crippen LogP contribution >= 0.6 is 11.3 Å². The van der Waals surface area contributed by atoms with Crippen LogP contribution in [0.2, 0.25) is 0 Å². The number of nitrogens with one attached hydrogen (secondary N) is 2. The van der Waals surface area contributed by atoms with Crippen molar-refractivity contribution in [2.75, 3.05) is 13.1 Å². The van der Waals surface area contributed by atoms with Gasteiger partial charge in [0, 0.05) is 24.4 Å². The van der Waals surface area contributed by atoms with E-state index >= 15 is 0 Å². The molecule has 0 radical (unpaired) electrons. The molecule has 1 heterocycles. The molecule has 0 bridgehead atoms. The largest absolute Gasteiger partial charge is 0.356 e. The highest BCUT2D eigenvalue weighted by Gasteiger charge is 2.30. The van der Waals surface area contributed by atoms with Crippen LogP contribution in [0.1, 0.15) is 31.1 Å². The maximum absolute atomic E-state index is 12.4. The first kappa shape index (κ1) is 17.4. The summed E-state index contributed by atoms with van der Waals surface area (Å²) in [6.45, 7) is 2.49. The second-order valence-electron chi connectivity index (χ2n) is 5.61. The van der Waals surface area contributed by atoms with E-state index in [1.807, 2.05) is 0 Å². The average molecular weight is 345 g/mol. The number of rotatable bonds is 7. The molecule has 0 aliphatic heterocycles. The number of hydrogen-bond donors (Lipinski definition) is 3. The molecule has 1 aromatic rings. The second kappa shape index (κ2) is 7.54. The Morgan fingerprint density at radius 1 is 1.41 bits per heavy atom. The Morgan fingerprint density at radius 2 is 2.18 bits per heavy atom. The van der Waals surface area contributed by atoms with Crippen molar-refractivity contribution in [1.29, 1.82) is 0 Å². The van der Waals surface area contributed by atoms with E-state index in [4.69, 9.17) is 5.73 Å². The molecule has 0 spiro atoms. The molecular formula is C14H23N3O3S2. The summed E-state index contributed by atoms with van der Waals surface area (Å²) >= 11 is 1.25. The van der Waals surface area contributed by atoms with Gasteiger partial charge in [0.2, 0.25) is 15.9 Å². The van der Waals surface area contributed by atoms with Crippen LogP contribution < -0.4 is 15.8 Å². The average Bonchev–Trinajstić information content (AvgIpc) is 3.07. The summed E-state index contributed by atoms with van der Waals surface area (Å²) in [5.41, 5.74) is 5.70. The van der Waals surface area contributed by atoms with Crippen molar-refractivity contribution < 1.29 is 13.2 Å².